The smallest absolute Gasteiger partial charge is 0.422 e. The van der Waals surface area contributed by atoms with E-state index in [1.165, 1.54) is 31.9 Å². The van der Waals surface area contributed by atoms with E-state index in [0.29, 0.717) is 18.3 Å². The third-order valence-corrected chi connectivity index (χ3v) is 5.64. The second-order valence-electron chi connectivity index (χ2n) is 9.93. The van der Waals surface area contributed by atoms with Gasteiger partial charge in [-0.15, -0.1) is 0 Å². The van der Waals surface area contributed by atoms with Crippen molar-refractivity contribution in [1.29, 1.82) is 0 Å². The van der Waals surface area contributed by atoms with Crippen molar-refractivity contribution in [2.24, 2.45) is 11.8 Å². The molecule has 2 unspecified atom stereocenters. The molecule has 0 radical (unpaired) electrons. The number of carbonyl (C=O) groups excluding carboxylic acids is 1. The van der Waals surface area contributed by atoms with Crippen molar-refractivity contribution in [1.82, 2.24) is 15.3 Å². The van der Waals surface area contributed by atoms with Crippen LogP contribution in [0.3, 0.4) is 0 Å². The maximum Gasteiger partial charge on any atom is 0.422 e. The van der Waals surface area contributed by atoms with Gasteiger partial charge in [-0.2, -0.15) is 13.2 Å². The van der Waals surface area contributed by atoms with E-state index in [1.807, 2.05) is 39.8 Å². The lowest BCUT2D eigenvalue weighted by molar-refractivity contribution is -0.154. The molecule has 0 aliphatic rings. The third kappa shape index (κ3) is 16.2. The molecule has 2 heterocycles. The Morgan fingerprint density at radius 1 is 1.10 bits per heavy atom. The number of methoxy groups -OCH3 is 1. The van der Waals surface area contributed by atoms with Crippen molar-refractivity contribution in [3.05, 3.63) is 46.8 Å². The predicted octanol–water partition coefficient (Wildman–Crippen LogP) is 6.27. The Kier molecular flexibility index (Phi) is 17.8. The molecule has 2 rings (SSSR count). The monoisotopic (exact) mass is 572 g/mol. The standard InChI is InChI=1S/C18H21F3N4O2.C7H16O.C4H10O/c1-10-7-13(8-15(22-4)23-10)11(2)25-17(26)14-5-6-16(24-12(14)3)27-9-18(19,20)21;1-4-7(2)5-6-8-3;1-4(2)3-5/h5-8,11H,9H2,1-4H3,(H,22,23)(H,25,26);7H,4-6H2,1-3H3;4-5H,3H2,1-2H3. The van der Waals surface area contributed by atoms with Gasteiger partial charge in [-0.25, -0.2) is 9.97 Å². The van der Waals surface area contributed by atoms with E-state index in [4.69, 9.17) is 9.84 Å². The minimum atomic E-state index is -4.45. The lowest BCUT2D eigenvalue weighted by Crippen LogP contribution is -2.28. The number of ether oxygens (including phenoxy) is 2. The largest absolute Gasteiger partial charge is 0.468 e. The van der Waals surface area contributed by atoms with E-state index in [2.05, 4.69) is 39.2 Å². The fourth-order valence-corrected chi connectivity index (χ4v) is 2.97. The van der Waals surface area contributed by atoms with Crippen LogP contribution < -0.4 is 15.4 Å². The summed E-state index contributed by atoms with van der Waals surface area (Å²) in [4.78, 5) is 20.7. The summed E-state index contributed by atoms with van der Waals surface area (Å²) in [6.07, 6.45) is -1.98. The summed E-state index contributed by atoms with van der Waals surface area (Å²) in [6, 6.07) is 6.04. The second-order valence-corrected chi connectivity index (χ2v) is 9.93. The minimum absolute atomic E-state index is 0.183. The molecule has 2 atom stereocenters. The lowest BCUT2D eigenvalue weighted by Gasteiger charge is -2.17. The van der Waals surface area contributed by atoms with Crippen molar-refractivity contribution in [3.8, 4) is 5.88 Å². The summed E-state index contributed by atoms with van der Waals surface area (Å²) in [5.41, 5.74) is 2.22. The molecule has 0 aliphatic heterocycles. The van der Waals surface area contributed by atoms with Crippen molar-refractivity contribution < 1.29 is 32.5 Å². The number of nitrogens with one attached hydrogen (secondary N) is 2. The summed E-state index contributed by atoms with van der Waals surface area (Å²) in [6.45, 7) is 13.4. The maximum atomic E-state index is 12.5. The number of hydrogen-bond donors (Lipinski definition) is 3. The first-order valence-electron chi connectivity index (χ1n) is 13.4. The minimum Gasteiger partial charge on any atom is -0.468 e. The van der Waals surface area contributed by atoms with Crippen LogP contribution in [0.15, 0.2) is 24.3 Å². The Balaban J connectivity index is 0.000000970. The van der Waals surface area contributed by atoms with Crippen LogP contribution in [0.5, 0.6) is 5.88 Å². The van der Waals surface area contributed by atoms with Crippen molar-refractivity contribution in [2.45, 2.75) is 73.5 Å². The number of halogens is 3. The van der Waals surface area contributed by atoms with Gasteiger partial charge in [0, 0.05) is 39.1 Å². The highest BCUT2D eigenvalue weighted by molar-refractivity contribution is 5.95. The number of aromatic nitrogens is 2. The molecule has 0 bridgehead atoms. The van der Waals surface area contributed by atoms with Gasteiger partial charge in [0.2, 0.25) is 5.88 Å². The van der Waals surface area contributed by atoms with Crippen LogP contribution in [0.4, 0.5) is 19.0 Å². The van der Waals surface area contributed by atoms with Gasteiger partial charge in [0.1, 0.15) is 5.82 Å². The lowest BCUT2D eigenvalue weighted by atomic mass is 10.1. The fourth-order valence-electron chi connectivity index (χ4n) is 2.97. The summed E-state index contributed by atoms with van der Waals surface area (Å²) in [5, 5.41) is 14.0. The topological polar surface area (TPSA) is 106 Å². The number of pyridine rings is 2. The summed E-state index contributed by atoms with van der Waals surface area (Å²) in [5.74, 6) is 1.40. The zero-order valence-electron chi connectivity index (χ0n) is 25.3. The maximum absolute atomic E-state index is 12.5. The number of rotatable bonds is 11. The molecule has 40 heavy (non-hydrogen) atoms. The van der Waals surface area contributed by atoms with Crippen LogP contribution >= 0.6 is 0 Å². The van der Waals surface area contributed by atoms with Crippen LogP contribution in [0, 0.1) is 25.7 Å². The number of carbonyl (C=O) groups is 1. The van der Waals surface area contributed by atoms with Gasteiger partial charge in [0.05, 0.1) is 17.3 Å². The Morgan fingerprint density at radius 3 is 2.20 bits per heavy atom. The highest BCUT2D eigenvalue weighted by atomic mass is 19.4. The number of amides is 1. The molecule has 1 amide bonds. The zero-order chi connectivity index (χ0) is 30.9. The quantitative estimate of drug-likeness (QED) is 0.291. The number of aryl methyl sites for hydroxylation is 2. The molecule has 0 fully saturated rings. The first kappa shape index (κ1) is 37.1. The van der Waals surface area contributed by atoms with Gasteiger partial charge in [0.15, 0.2) is 6.61 Å². The predicted molar refractivity (Wildman–Crippen MR) is 153 cm³/mol. The van der Waals surface area contributed by atoms with E-state index < -0.39 is 12.8 Å². The van der Waals surface area contributed by atoms with Crippen molar-refractivity contribution in [3.63, 3.8) is 0 Å². The molecule has 0 saturated carbocycles. The zero-order valence-corrected chi connectivity index (χ0v) is 25.3. The molecule has 0 spiro atoms. The van der Waals surface area contributed by atoms with Crippen molar-refractivity contribution >= 4 is 11.7 Å². The van der Waals surface area contributed by atoms with Gasteiger partial charge in [-0.05, 0) is 62.8 Å². The normalized spacial score (nSPS) is 12.3. The summed E-state index contributed by atoms with van der Waals surface area (Å²) >= 11 is 0. The molecule has 2 aromatic heterocycles. The number of nitrogens with zero attached hydrogens (tertiary/aromatic N) is 2. The van der Waals surface area contributed by atoms with Crippen LogP contribution in [0.1, 0.15) is 80.8 Å². The average Bonchev–Trinajstić information content (AvgIpc) is 2.90. The van der Waals surface area contributed by atoms with E-state index in [9.17, 15) is 18.0 Å². The molecule has 0 saturated heterocycles. The molecular formula is C29H47F3N4O4. The number of aliphatic hydroxyl groups is 1. The molecule has 0 aliphatic carbocycles. The van der Waals surface area contributed by atoms with Crippen LogP contribution in [0.2, 0.25) is 0 Å². The number of alkyl halides is 3. The Labute approximate surface area is 237 Å². The number of anilines is 1. The Morgan fingerprint density at radius 2 is 1.73 bits per heavy atom. The fraction of sp³-hybridized carbons (Fsp3) is 0.621. The number of hydrogen-bond acceptors (Lipinski definition) is 7. The van der Waals surface area contributed by atoms with Gasteiger partial charge in [-0.1, -0.05) is 34.1 Å². The first-order chi connectivity index (χ1) is 18.7. The SMILES string of the molecule is CC(C)CO.CCC(C)CCOC.CNc1cc(C(C)NC(=O)c2ccc(OCC(F)(F)F)nc2C)cc(C)n1. The van der Waals surface area contributed by atoms with Crippen LogP contribution in [0.25, 0.3) is 0 Å². The average molecular weight is 573 g/mol. The van der Waals surface area contributed by atoms with Gasteiger partial charge in [-0.3, -0.25) is 4.79 Å². The Bertz CT molecular complexity index is 1000. The highest BCUT2D eigenvalue weighted by Crippen LogP contribution is 2.20. The molecule has 2 aromatic rings. The second kappa shape index (κ2) is 19.2. The molecule has 11 heteroatoms. The van der Waals surface area contributed by atoms with Gasteiger partial charge in [0.25, 0.3) is 5.91 Å². The molecule has 228 valence electrons. The van der Waals surface area contributed by atoms with E-state index in [-0.39, 0.29) is 29.1 Å². The van der Waals surface area contributed by atoms with Crippen LogP contribution in [-0.2, 0) is 4.74 Å². The van der Waals surface area contributed by atoms with E-state index in [0.717, 1.165) is 23.8 Å². The molecular weight excluding hydrogens is 525 g/mol. The third-order valence-electron chi connectivity index (χ3n) is 5.64. The molecule has 0 aromatic carbocycles. The molecule has 3 N–H and O–H groups in total. The number of aliphatic hydroxyl groups excluding tert-OH is 1. The summed E-state index contributed by atoms with van der Waals surface area (Å²) in [7, 11) is 3.51. The molecule has 8 nitrogen and oxygen atoms in total. The van der Waals surface area contributed by atoms with Crippen LogP contribution in [-0.4, -0.2) is 61.1 Å². The van der Waals surface area contributed by atoms with Gasteiger partial charge < -0.3 is 25.2 Å². The van der Waals surface area contributed by atoms with E-state index >= 15 is 0 Å². The van der Waals surface area contributed by atoms with Crippen molar-refractivity contribution in [2.75, 3.05) is 39.3 Å². The van der Waals surface area contributed by atoms with Gasteiger partial charge >= 0.3 is 6.18 Å². The Hall–Kier alpha value is -2.92. The highest BCUT2D eigenvalue weighted by Gasteiger charge is 2.28. The first-order valence-corrected chi connectivity index (χ1v) is 13.4. The van der Waals surface area contributed by atoms with E-state index in [1.54, 1.807) is 14.2 Å². The summed E-state index contributed by atoms with van der Waals surface area (Å²) < 4.78 is 46.1.